The maximum absolute atomic E-state index is 5.25. The standard InChI is InChI=1S/C21H30N4O/c1-16-7-6-8-17(13-16)14-23-21(22-2)24-15-20(25(3)4)18-9-11-19(26-5)12-10-18/h6-13,20H,14-15H2,1-5H3,(H2,22,23,24). The first kappa shape index (κ1) is 19.8. The van der Waals surface area contributed by atoms with Crippen molar-refractivity contribution in [2.24, 2.45) is 4.99 Å². The second-order valence-electron chi connectivity index (χ2n) is 6.55. The van der Waals surface area contributed by atoms with Gasteiger partial charge in [-0.25, -0.2) is 0 Å². The zero-order chi connectivity index (χ0) is 18.9. The third kappa shape index (κ3) is 5.77. The van der Waals surface area contributed by atoms with Crippen LogP contribution in [0.1, 0.15) is 22.7 Å². The summed E-state index contributed by atoms with van der Waals surface area (Å²) in [6.45, 7) is 3.61. The second-order valence-corrected chi connectivity index (χ2v) is 6.55. The molecule has 0 saturated heterocycles. The predicted molar refractivity (Wildman–Crippen MR) is 109 cm³/mol. The van der Waals surface area contributed by atoms with E-state index in [1.807, 2.05) is 12.1 Å². The van der Waals surface area contributed by atoms with Crippen molar-refractivity contribution in [3.8, 4) is 5.75 Å². The molecular formula is C21H30N4O. The van der Waals surface area contributed by atoms with Gasteiger partial charge in [0.25, 0.3) is 0 Å². The van der Waals surface area contributed by atoms with E-state index in [4.69, 9.17) is 4.74 Å². The normalized spacial score (nSPS) is 12.8. The maximum atomic E-state index is 5.25. The summed E-state index contributed by atoms with van der Waals surface area (Å²) >= 11 is 0. The first-order valence-corrected chi connectivity index (χ1v) is 8.84. The van der Waals surface area contributed by atoms with Crippen LogP contribution < -0.4 is 15.4 Å². The van der Waals surface area contributed by atoms with Crippen molar-refractivity contribution in [3.05, 3.63) is 65.2 Å². The number of hydrogen-bond acceptors (Lipinski definition) is 3. The molecule has 1 atom stereocenters. The zero-order valence-electron chi connectivity index (χ0n) is 16.4. The Bertz CT molecular complexity index is 710. The van der Waals surface area contributed by atoms with Crippen molar-refractivity contribution in [1.29, 1.82) is 0 Å². The Kier molecular flexibility index (Phi) is 7.48. The number of guanidine groups is 1. The molecule has 0 saturated carbocycles. The highest BCUT2D eigenvalue weighted by Gasteiger charge is 2.14. The van der Waals surface area contributed by atoms with E-state index in [1.165, 1.54) is 16.7 Å². The predicted octanol–water partition coefficient (Wildman–Crippen LogP) is 2.97. The number of nitrogens with one attached hydrogen (secondary N) is 2. The average molecular weight is 354 g/mol. The molecule has 0 bridgehead atoms. The summed E-state index contributed by atoms with van der Waals surface area (Å²) in [5.74, 6) is 1.67. The van der Waals surface area contributed by atoms with Crippen LogP contribution >= 0.6 is 0 Å². The van der Waals surface area contributed by atoms with Crippen LogP contribution in [0, 0.1) is 6.92 Å². The van der Waals surface area contributed by atoms with Crippen molar-refractivity contribution in [2.45, 2.75) is 19.5 Å². The molecule has 0 spiro atoms. The van der Waals surface area contributed by atoms with Gasteiger partial charge in [-0.05, 0) is 44.3 Å². The summed E-state index contributed by atoms with van der Waals surface area (Å²) in [5, 5.41) is 6.81. The molecule has 0 aliphatic rings. The summed E-state index contributed by atoms with van der Waals surface area (Å²) in [7, 11) is 7.65. The van der Waals surface area contributed by atoms with E-state index in [0.717, 1.165) is 24.8 Å². The van der Waals surface area contributed by atoms with Gasteiger partial charge in [-0.1, -0.05) is 42.0 Å². The van der Waals surface area contributed by atoms with Crippen LogP contribution in [-0.4, -0.2) is 45.7 Å². The summed E-state index contributed by atoms with van der Waals surface area (Å²) in [4.78, 5) is 6.53. The van der Waals surface area contributed by atoms with E-state index in [0.29, 0.717) is 0 Å². The van der Waals surface area contributed by atoms with Gasteiger partial charge < -0.3 is 20.3 Å². The number of ether oxygens (including phenoxy) is 1. The molecule has 2 aromatic carbocycles. The van der Waals surface area contributed by atoms with Crippen molar-refractivity contribution >= 4 is 5.96 Å². The van der Waals surface area contributed by atoms with Gasteiger partial charge in [-0.3, -0.25) is 4.99 Å². The summed E-state index contributed by atoms with van der Waals surface area (Å²) < 4.78 is 5.25. The van der Waals surface area contributed by atoms with Gasteiger partial charge in [-0.15, -0.1) is 0 Å². The molecule has 2 rings (SSSR count). The smallest absolute Gasteiger partial charge is 0.191 e. The van der Waals surface area contributed by atoms with Crippen LogP contribution in [-0.2, 0) is 6.54 Å². The van der Waals surface area contributed by atoms with Gasteiger partial charge in [0, 0.05) is 20.1 Å². The minimum absolute atomic E-state index is 0.235. The number of rotatable bonds is 7. The van der Waals surface area contributed by atoms with Gasteiger partial charge in [0.05, 0.1) is 13.2 Å². The zero-order valence-corrected chi connectivity index (χ0v) is 16.4. The van der Waals surface area contributed by atoms with Gasteiger partial charge in [0.1, 0.15) is 5.75 Å². The highest BCUT2D eigenvalue weighted by Crippen LogP contribution is 2.20. The molecule has 1 unspecified atom stereocenters. The Morgan fingerprint density at radius 3 is 2.42 bits per heavy atom. The van der Waals surface area contributed by atoms with Crippen LogP contribution in [0.2, 0.25) is 0 Å². The molecule has 5 heteroatoms. The fraction of sp³-hybridized carbons (Fsp3) is 0.381. The highest BCUT2D eigenvalue weighted by atomic mass is 16.5. The number of aryl methyl sites for hydroxylation is 1. The van der Waals surface area contributed by atoms with Gasteiger partial charge in [-0.2, -0.15) is 0 Å². The number of aliphatic imine (C=N–C) groups is 1. The van der Waals surface area contributed by atoms with E-state index >= 15 is 0 Å². The quantitative estimate of drug-likeness (QED) is 0.593. The highest BCUT2D eigenvalue weighted by molar-refractivity contribution is 5.79. The maximum Gasteiger partial charge on any atom is 0.191 e. The Labute approximate surface area is 157 Å². The third-order valence-electron chi connectivity index (χ3n) is 4.35. The number of nitrogens with zero attached hydrogens (tertiary/aromatic N) is 2. The Morgan fingerprint density at radius 2 is 1.85 bits per heavy atom. The molecule has 0 aromatic heterocycles. The first-order valence-electron chi connectivity index (χ1n) is 8.84. The van der Waals surface area contributed by atoms with E-state index in [9.17, 15) is 0 Å². The van der Waals surface area contributed by atoms with Crippen molar-refractivity contribution in [2.75, 3.05) is 34.8 Å². The van der Waals surface area contributed by atoms with Gasteiger partial charge >= 0.3 is 0 Å². The Hall–Kier alpha value is -2.53. The molecule has 5 nitrogen and oxygen atoms in total. The summed E-state index contributed by atoms with van der Waals surface area (Å²) in [6, 6.07) is 16.9. The minimum atomic E-state index is 0.235. The topological polar surface area (TPSA) is 48.9 Å². The van der Waals surface area contributed by atoms with E-state index in [-0.39, 0.29) is 6.04 Å². The molecule has 140 valence electrons. The van der Waals surface area contributed by atoms with Crippen molar-refractivity contribution in [1.82, 2.24) is 15.5 Å². The molecule has 2 N–H and O–H groups in total. The number of benzene rings is 2. The lowest BCUT2D eigenvalue weighted by Crippen LogP contribution is -2.41. The van der Waals surface area contributed by atoms with Crippen LogP contribution in [0.25, 0.3) is 0 Å². The second kappa shape index (κ2) is 9.82. The van der Waals surface area contributed by atoms with E-state index in [1.54, 1.807) is 14.2 Å². The SMILES string of the molecule is CN=C(NCc1cccc(C)c1)NCC(c1ccc(OC)cc1)N(C)C. The van der Waals surface area contributed by atoms with Crippen LogP contribution in [0.3, 0.4) is 0 Å². The molecule has 2 aromatic rings. The molecule has 0 radical (unpaired) electrons. The lowest BCUT2D eigenvalue weighted by molar-refractivity contribution is 0.298. The lowest BCUT2D eigenvalue weighted by atomic mass is 10.1. The molecule has 0 amide bonds. The third-order valence-corrected chi connectivity index (χ3v) is 4.35. The molecule has 26 heavy (non-hydrogen) atoms. The lowest BCUT2D eigenvalue weighted by Gasteiger charge is -2.26. The van der Waals surface area contributed by atoms with Gasteiger partial charge in [0.2, 0.25) is 0 Å². The van der Waals surface area contributed by atoms with Crippen LogP contribution in [0.15, 0.2) is 53.5 Å². The molecule has 0 fully saturated rings. The van der Waals surface area contributed by atoms with Crippen molar-refractivity contribution < 1.29 is 4.74 Å². The monoisotopic (exact) mass is 354 g/mol. The fourth-order valence-electron chi connectivity index (χ4n) is 2.85. The number of likely N-dealkylation sites (N-methyl/N-ethyl adjacent to an activating group) is 1. The van der Waals surface area contributed by atoms with E-state index < -0.39 is 0 Å². The summed E-state index contributed by atoms with van der Waals surface area (Å²) in [5.41, 5.74) is 3.74. The largest absolute Gasteiger partial charge is 0.497 e. The fourth-order valence-corrected chi connectivity index (χ4v) is 2.85. The van der Waals surface area contributed by atoms with Crippen LogP contribution in [0.4, 0.5) is 0 Å². The molecule has 0 aliphatic carbocycles. The molecule has 0 aliphatic heterocycles. The van der Waals surface area contributed by atoms with E-state index in [2.05, 4.69) is 77.9 Å². The number of hydrogen-bond donors (Lipinski definition) is 2. The summed E-state index contributed by atoms with van der Waals surface area (Å²) in [6.07, 6.45) is 0. The minimum Gasteiger partial charge on any atom is -0.497 e. The average Bonchev–Trinajstić information content (AvgIpc) is 2.64. The first-order chi connectivity index (χ1) is 12.5. The Balaban J connectivity index is 1.95. The molecule has 0 heterocycles. The van der Waals surface area contributed by atoms with Crippen molar-refractivity contribution in [3.63, 3.8) is 0 Å². The Morgan fingerprint density at radius 1 is 1.12 bits per heavy atom. The van der Waals surface area contributed by atoms with Crippen LogP contribution in [0.5, 0.6) is 5.75 Å². The number of methoxy groups -OCH3 is 1. The molecular weight excluding hydrogens is 324 g/mol. The van der Waals surface area contributed by atoms with Gasteiger partial charge in [0.15, 0.2) is 5.96 Å².